The zero-order valence-corrected chi connectivity index (χ0v) is 9.12. The summed E-state index contributed by atoms with van der Waals surface area (Å²) in [5, 5.41) is 8.73. The number of nitrogens with zero attached hydrogens (tertiary/aromatic N) is 2. The maximum atomic E-state index is 8.73. The van der Waals surface area contributed by atoms with Crippen molar-refractivity contribution >= 4 is 15.9 Å². The van der Waals surface area contributed by atoms with Crippen molar-refractivity contribution in [3.63, 3.8) is 0 Å². The third-order valence-corrected chi connectivity index (χ3v) is 2.73. The van der Waals surface area contributed by atoms with Crippen LogP contribution >= 0.6 is 15.9 Å². The smallest absolute Gasteiger partial charge is 0.214 e. The average Bonchev–Trinajstić information content (AvgIpc) is 3.00. The second kappa shape index (κ2) is 3.97. The molecule has 0 N–H and O–H groups in total. The minimum atomic E-state index is 0.373. The highest BCUT2D eigenvalue weighted by molar-refractivity contribution is 9.10. The van der Waals surface area contributed by atoms with Gasteiger partial charge in [-0.05, 0) is 40.8 Å². The van der Waals surface area contributed by atoms with Crippen molar-refractivity contribution in [1.29, 1.82) is 5.26 Å². The van der Waals surface area contributed by atoms with Crippen LogP contribution in [0.1, 0.15) is 18.5 Å². The van der Waals surface area contributed by atoms with Gasteiger partial charge in [0.05, 0.1) is 11.1 Å². The summed E-state index contributed by atoms with van der Waals surface area (Å²) in [6.45, 7) is 0.722. The quantitative estimate of drug-likeness (QED) is 0.831. The Kier molecular flexibility index (Phi) is 2.69. The number of nitriles is 1. The molecule has 0 radical (unpaired) electrons. The topological polar surface area (TPSA) is 45.9 Å². The number of aromatic nitrogens is 1. The molecule has 0 spiro atoms. The van der Waals surface area contributed by atoms with Crippen LogP contribution in [0, 0.1) is 17.2 Å². The Bertz CT molecular complexity index is 382. The zero-order valence-electron chi connectivity index (χ0n) is 7.53. The van der Waals surface area contributed by atoms with Crippen LogP contribution < -0.4 is 4.74 Å². The predicted molar refractivity (Wildman–Crippen MR) is 54.9 cm³/mol. The standard InChI is InChI=1S/C10H9BrN2O/c11-8-3-4-10(13-9(8)5-12)14-6-7-1-2-7/h3-4,7H,1-2,6H2. The van der Waals surface area contributed by atoms with Gasteiger partial charge in [-0.3, -0.25) is 0 Å². The van der Waals surface area contributed by atoms with E-state index in [-0.39, 0.29) is 0 Å². The van der Waals surface area contributed by atoms with Gasteiger partial charge in [0.15, 0.2) is 5.69 Å². The monoisotopic (exact) mass is 252 g/mol. The molecule has 2 rings (SSSR count). The fourth-order valence-electron chi connectivity index (χ4n) is 1.07. The van der Waals surface area contributed by atoms with E-state index < -0.39 is 0 Å². The molecule has 4 heteroatoms. The Balaban J connectivity index is 2.06. The molecule has 14 heavy (non-hydrogen) atoms. The molecule has 0 bridgehead atoms. The first-order valence-corrected chi connectivity index (χ1v) is 5.28. The van der Waals surface area contributed by atoms with E-state index in [2.05, 4.69) is 20.9 Å². The summed E-state index contributed by atoms with van der Waals surface area (Å²) >= 11 is 3.24. The fourth-order valence-corrected chi connectivity index (χ4v) is 1.38. The van der Waals surface area contributed by atoms with E-state index in [0.29, 0.717) is 22.0 Å². The van der Waals surface area contributed by atoms with Crippen LogP contribution in [0.5, 0.6) is 5.88 Å². The lowest BCUT2D eigenvalue weighted by Gasteiger charge is -2.04. The second-order valence-corrected chi connectivity index (χ2v) is 4.20. The summed E-state index contributed by atoms with van der Waals surface area (Å²) < 4.78 is 6.15. The zero-order chi connectivity index (χ0) is 9.97. The number of halogens is 1. The predicted octanol–water partition coefficient (Wildman–Crippen LogP) is 2.50. The first kappa shape index (κ1) is 9.47. The molecule has 1 heterocycles. The van der Waals surface area contributed by atoms with E-state index in [1.54, 1.807) is 12.1 Å². The van der Waals surface area contributed by atoms with Crippen LogP contribution in [0.15, 0.2) is 16.6 Å². The van der Waals surface area contributed by atoms with E-state index in [1.165, 1.54) is 12.8 Å². The molecule has 72 valence electrons. The lowest BCUT2D eigenvalue weighted by Crippen LogP contribution is -2.01. The van der Waals surface area contributed by atoms with Crippen LogP contribution in [-0.4, -0.2) is 11.6 Å². The summed E-state index contributed by atoms with van der Waals surface area (Å²) in [5.74, 6) is 1.24. The summed E-state index contributed by atoms with van der Waals surface area (Å²) in [5.41, 5.74) is 0.373. The largest absolute Gasteiger partial charge is 0.477 e. The third-order valence-electron chi connectivity index (χ3n) is 2.09. The van der Waals surface area contributed by atoms with Gasteiger partial charge in [0.25, 0.3) is 0 Å². The van der Waals surface area contributed by atoms with Crippen LogP contribution in [0.4, 0.5) is 0 Å². The molecule has 1 aliphatic rings. The van der Waals surface area contributed by atoms with Crippen molar-refractivity contribution in [3.05, 3.63) is 22.3 Å². The van der Waals surface area contributed by atoms with Crippen molar-refractivity contribution in [3.8, 4) is 11.9 Å². The molecule has 1 saturated carbocycles. The van der Waals surface area contributed by atoms with Gasteiger partial charge in [0.2, 0.25) is 5.88 Å². The van der Waals surface area contributed by atoms with Crippen LogP contribution in [0.3, 0.4) is 0 Å². The molecule has 1 aromatic heterocycles. The molecule has 0 unspecified atom stereocenters. The molecule has 3 nitrogen and oxygen atoms in total. The first-order chi connectivity index (χ1) is 6.79. The Labute approximate surface area is 90.8 Å². The molecule has 1 aliphatic carbocycles. The highest BCUT2D eigenvalue weighted by Crippen LogP contribution is 2.29. The van der Waals surface area contributed by atoms with Crippen molar-refractivity contribution < 1.29 is 4.74 Å². The van der Waals surface area contributed by atoms with Gasteiger partial charge >= 0.3 is 0 Å². The van der Waals surface area contributed by atoms with Crippen LogP contribution in [0.2, 0.25) is 0 Å². The molecule has 0 amide bonds. The Hall–Kier alpha value is -1.08. The number of hydrogen-bond donors (Lipinski definition) is 0. The third kappa shape index (κ3) is 2.24. The molecule has 0 saturated heterocycles. The first-order valence-electron chi connectivity index (χ1n) is 4.49. The highest BCUT2D eigenvalue weighted by Gasteiger charge is 2.22. The molecule has 1 fully saturated rings. The fraction of sp³-hybridized carbons (Fsp3) is 0.400. The van der Waals surface area contributed by atoms with E-state index in [1.807, 2.05) is 6.07 Å². The molecular weight excluding hydrogens is 244 g/mol. The van der Waals surface area contributed by atoms with Crippen molar-refractivity contribution in [1.82, 2.24) is 4.98 Å². The molecular formula is C10H9BrN2O. The van der Waals surface area contributed by atoms with E-state index in [9.17, 15) is 0 Å². The van der Waals surface area contributed by atoms with Crippen LogP contribution in [0.25, 0.3) is 0 Å². The number of ether oxygens (including phenoxy) is 1. The average molecular weight is 253 g/mol. The van der Waals surface area contributed by atoms with Gasteiger partial charge in [-0.25, -0.2) is 4.98 Å². The second-order valence-electron chi connectivity index (χ2n) is 3.35. The number of pyridine rings is 1. The lowest BCUT2D eigenvalue weighted by molar-refractivity contribution is 0.288. The number of hydrogen-bond acceptors (Lipinski definition) is 3. The summed E-state index contributed by atoms with van der Waals surface area (Å²) in [4.78, 5) is 4.06. The van der Waals surface area contributed by atoms with E-state index >= 15 is 0 Å². The van der Waals surface area contributed by atoms with E-state index in [0.717, 1.165) is 6.61 Å². The maximum Gasteiger partial charge on any atom is 0.214 e. The highest BCUT2D eigenvalue weighted by atomic mass is 79.9. The number of rotatable bonds is 3. The molecule has 0 aliphatic heterocycles. The van der Waals surface area contributed by atoms with Gasteiger partial charge in [-0.15, -0.1) is 0 Å². The molecule has 0 aromatic carbocycles. The van der Waals surface area contributed by atoms with Gasteiger partial charge in [-0.2, -0.15) is 5.26 Å². The normalized spacial score (nSPS) is 14.9. The molecule has 0 atom stereocenters. The Morgan fingerprint density at radius 3 is 3.00 bits per heavy atom. The van der Waals surface area contributed by atoms with Crippen molar-refractivity contribution in [2.24, 2.45) is 5.92 Å². The lowest BCUT2D eigenvalue weighted by atomic mass is 10.4. The van der Waals surface area contributed by atoms with Gasteiger partial charge in [0.1, 0.15) is 6.07 Å². The maximum absolute atomic E-state index is 8.73. The summed E-state index contributed by atoms with van der Waals surface area (Å²) in [7, 11) is 0. The van der Waals surface area contributed by atoms with Gasteiger partial charge in [-0.1, -0.05) is 0 Å². The Morgan fingerprint density at radius 1 is 1.57 bits per heavy atom. The van der Waals surface area contributed by atoms with Crippen LogP contribution in [-0.2, 0) is 0 Å². The summed E-state index contributed by atoms with van der Waals surface area (Å²) in [6, 6.07) is 5.56. The van der Waals surface area contributed by atoms with E-state index in [4.69, 9.17) is 10.00 Å². The Morgan fingerprint density at radius 2 is 2.36 bits per heavy atom. The minimum absolute atomic E-state index is 0.373. The summed E-state index contributed by atoms with van der Waals surface area (Å²) in [6.07, 6.45) is 2.50. The SMILES string of the molecule is N#Cc1nc(OCC2CC2)ccc1Br. The van der Waals surface area contributed by atoms with Crippen molar-refractivity contribution in [2.75, 3.05) is 6.61 Å². The minimum Gasteiger partial charge on any atom is -0.477 e. The molecule has 1 aromatic rings. The van der Waals surface area contributed by atoms with Gasteiger partial charge in [0, 0.05) is 6.07 Å². The van der Waals surface area contributed by atoms with Crippen molar-refractivity contribution in [2.45, 2.75) is 12.8 Å². The van der Waals surface area contributed by atoms with Gasteiger partial charge < -0.3 is 4.74 Å².